The van der Waals surface area contributed by atoms with Gasteiger partial charge in [0.2, 0.25) is 11.7 Å². The van der Waals surface area contributed by atoms with E-state index in [0.717, 1.165) is 28.3 Å². The number of hydrogen-bond acceptors (Lipinski definition) is 6. The lowest BCUT2D eigenvalue weighted by Gasteiger charge is -2.10. The summed E-state index contributed by atoms with van der Waals surface area (Å²) in [5, 5.41) is 11.9. The monoisotopic (exact) mass is 348 g/mol. The Balaban J connectivity index is 1.61. The highest BCUT2D eigenvalue weighted by Crippen LogP contribution is 2.23. The van der Waals surface area contributed by atoms with Crippen LogP contribution in [0.3, 0.4) is 0 Å². The molecule has 1 N–H and O–H groups in total. The third-order valence-corrected chi connectivity index (χ3v) is 4.38. The molecule has 26 heavy (non-hydrogen) atoms. The predicted molar refractivity (Wildman–Crippen MR) is 99.0 cm³/mol. The normalized spacial score (nSPS) is 11.2. The molecule has 0 fully saturated rings. The summed E-state index contributed by atoms with van der Waals surface area (Å²) < 4.78 is 7.20. The SMILES string of the molecule is Cc1cc(C)n2ncc(-c3noc(CNc4c(C)cccc4C)n3)c2n1. The smallest absolute Gasteiger partial charge is 0.246 e. The molecule has 0 aliphatic heterocycles. The summed E-state index contributed by atoms with van der Waals surface area (Å²) in [6.07, 6.45) is 1.72. The number of benzene rings is 1. The molecule has 0 spiro atoms. The number of nitrogens with zero attached hydrogens (tertiary/aromatic N) is 5. The molecule has 0 saturated carbocycles. The van der Waals surface area contributed by atoms with Gasteiger partial charge in [-0.15, -0.1) is 0 Å². The van der Waals surface area contributed by atoms with E-state index < -0.39 is 0 Å². The van der Waals surface area contributed by atoms with Gasteiger partial charge in [-0.25, -0.2) is 9.50 Å². The number of rotatable bonds is 4. The molecule has 0 amide bonds. The van der Waals surface area contributed by atoms with Gasteiger partial charge < -0.3 is 9.84 Å². The van der Waals surface area contributed by atoms with Gasteiger partial charge in [0.15, 0.2) is 5.65 Å². The Morgan fingerprint density at radius 1 is 1.08 bits per heavy atom. The van der Waals surface area contributed by atoms with Gasteiger partial charge in [-0.2, -0.15) is 10.1 Å². The van der Waals surface area contributed by atoms with E-state index in [9.17, 15) is 0 Å². The summed E-state index contributed by atoms with van der Waals surface area (Å²) >= 11 is 0. The fourth-order valence-corrected chi connectivity index (χ4v) is 3.12. The molecule has 0 radical (unpaired) electrons. The highest BCUT2D eigenvalue weighted by Gasteiger charge is 2.16. The maximum atomic E-state index is 5.41. The van der Waals surface area contributed by atoms with Crippen LogP contribution >= 0.6 is 0 Å². The van der Waals surface area contributed by atoms with Crippen LogP contribution in [-0.4, -0.2) is 24.7 Å². The second-order valence-corrected chi connectivity index (χ2v) is 6.46. The average molecular weight is 348 g/mol. The second-order valence-electron chi connectivity index (χ2n) is 6.46. The first-order valence-corrected chi connectivity index (χ1v) is 8.48. The van der Waals surface area contributed by atoms with E-state index in [2.05, 4.69) is 51.5 Å². The van der Waals surface area contributed by atoms with Crippen LogP contribution in [0.2, 0.25) is 0 Å². The third kappa shape index (κ3) is 2.81. The third-order valence-electron chi connectivity index (χ3n) is 4.38. The molecule has 0 saturated heterocycles. The summed E-state index contributed by atoms with van der Waals surface area (Å²) in [6.45, 7) is 8.56. The number of aromatic nitrogens is 5. The van der Waals surface area contributed by atoms with E-state index in [4.69, 9.17) is 4.52 Å². The molecule has 0 atom stereocenters. The van der Waals surface area contributed by atoms with Gasteiger partial charge in [0.05, 0.1) is 18.3 Å². The fourth-order valence-electron chi connectivity index (χ4n) is 3.12. The first-order valence-electron chi connectivity index (χ1n) is 8.48. The standard InChI is InChI=1S/C19H20N6O/c1-11-6-5-7-12(2)17(11)20-10-16-23-18(24-26-16)15-9-21-25-14(4)8-13(3)22-19(15)25/h5-9,20H,10H2,1-4H3. The van der Waals surface area contributed by atoms with E-state index >= 15 is 0 Å². The molecule has 132 valence electrons. The van der Waals surface area contributed by atoms with Crippen molar-refractivity contribution in [1.29, 1.82) is 0 Å². The van der Waals surface area contributed by atoms with Crippen LogP contribution in [0.25, 0.3) is 17.0 Å². The van der Waals surface area contributed by atoms with Crippen LogP contribution in [0.15, 0.2) is 35.0 Å². The zero-order valence-electron chi connectivity index (χ0n) is 15.2. The molecule has 7 nitrogen and oxygen atoms in total. The van der Waals surface area contributed by atoms with Gasteiger partial charge >= 0.3 is 0 Å². The molecule has 3 heterocycles. The molecule has 3 aromatic heterocycles. The summed E-state index contributed by atoms with van der Waals surface area (Å²) in [6, 6.07) is 8.18. The molecule has 0 aliphatic carbocycles. The lowest BCUT2D eigenvalue weighted by molar-refractivity contribution is 0.384. The number of anilines is 1. The van der Waals surface area contributed by atoms with Crippen molar-refractivity contribution in [2.24, 2.45) is 0 Å². The van der Waals surface area contributed by atoms with Crippen molar-refractivity contribution in [3.8, 4) is 11.4 Å². The minimum absolute atomic E-state index is 0.462. The Morgan fingerprint density at radius 3 is 2.62 bits per heavy atom. The molecule has 0 aliphatic rings. The lowest BCUT2D eigenvalue weighted by atomic mass is 10.1. The molecule has 4 aromatic rings. The van der Waals surface area contributed by atoms with Crippen molar-refractivity contribution in [2.75, 3.05) is 5.32 Å². The molecule has 7 heteroatoms. The maximum absolute atomic E-state index is 5.41. The number of nitrogens with one attached hydrogen (secondary N) is 1. The van der Waals surface area contributed by atoms with Gasteiger partial charge in [0.25, 0.3) is 0 Å². The van der Waals surface area contributed by atoms with Gasteiger partial charge in [0.1, 0.15) is 0 Å². The van der Waals surface area contributed by atoms with Crippen molar-refractivity contribution in [2.45, 2.75) is 34.2 Å². The first-order chi connectivity index (χ1) is 12.5. The highest BCUT2D eigenvalue weighted by molar-refractivity contribution is 5.72. The van der Waals surface area contributed by atoms with E-state index in [0.29, 0.717) is 18.3 Å². The van der Waals surface area contributed by atoms with Crippen molar-refractivity contribution < 1.29 is 4.52 Å². The molecule has 0 bridgehead atoms. The predicted octanol–water partition coefficient (Wildman–Crippen LogP) is 3.63. The van der Waals surface area contributed by atoms with Crippen LogP contribution in [-0.2, 0) is 6.54 Å². The van der Waals surface area contributed by atoms with Crippen LogP contribution in [0, 0.1) is 27.7 Å². The Morgan fingerprint density at radius 2 is 1.85 bits per heavy atom. The Bertz CT molecular complexity index is 1070. The van der Waals surface area contributed by atoms with Crippen LogP contribution in [0.5, 0.6) is 0 Å². The second kappa shape index (κ2) is 6.25. The summed E-state index contributed by atoms with van der Waals surface area (Å²) in [7, 11) is 0. The van der Waals surface area contributed by atoms with Gasteiger partial charge in [-0.3, -0.25) is 0 Å². The lowest BCUT2D eigenvalue weighted by Crippen LogP contribution is -2.03. The zero-order chi connectivity index (χ0) is 18.3. The van der Waals surface area contributed by atoms with E-state index in [1.807, 2.05) is 26.0 Å². The van der Waals surface area contributed by atoms with Crippen LogP contribution in [0.1, 0.15) is 28.4 Å². The quantitative estimate of drug-likeness (QED) is 0.606. The van der Waals surface area contributed by atoms with E-state index in [1.165, 1.54) is 11.1 Å². The largest absolute Gasteiger partial charge is 0.376 e. The summed E-state index contributed by atoms with van der Waals surface area (Å²) in [5.74, 6) is 1.02. The first kappa shape index (κ1) is 16.3. The number of fused-ring (bicyclic) bond motifs is 1. The molecular weight excluding hydrogens is 328 g/mol. The number of aryl methyl sites for hydroxylation is 4. The van der Waals surface area contributed by atoms with Gasteiger partial charge in [-0.1, -0.05) is 23.4 Å². The maximum Gasteiger partial charge on any atom is 0.246 e. The minimum atomic E-state index is 0.462. The highest BCUT2D eigenvalue weighted by atomic mass is 16.5. The van der Waals surface area contributed by atoms with Crippen molar-refractivity contribution in [3.05, 3.63) is 58.9 Å². The Labute approximate surface area is 151 Å². The molecule has 4 rings (SSSR count). The molecular formula is C19H20N6O. The van der Waals surface area contributed by atoms with Crippen LogP contribution < -0.4 is 5.32 Å². The van der Waals surface area contributed by atoms with E-state index in [1.54, 1.807) is 10.7 Å². The van der Waals surface area contributed by atoms with Crippen LogP contribution in [0.4, 0.5) is 5.69 Å². The van der Waals surface area contributed by atoms with Gasteiger partial charge in [0, 0.05) is 17.1 Å². The summed E-state index contributed by atoms with van der Waals surface area (Å²) in [5.41, 5.74) is 6.90. The summed E-state index contributed by atoms with van der Waals surface area (Å²) in [4.78, 5) is 9.06. The minimum Gasteiger partial charge on any atom is -0.376 e. The fraction of sp³-hybridized carbons (Fsp3) is 0.263. The molecule has 1 aromatic carbocycles. The van der Waals surface area contributed by atoms with Gasteiger partial charge in [-0.05, 0) is 44.9 Å². The Hall–Kier alpha value is -3.22. The number of hydrogen-bond donors (Lipinski definition) is 1. The van der Waals surface area contributed by atoms with Crippen molar-refractivity contribution >= 4 is 11.3 Å². The topological polar surface area (TPSA) is 81.1 Å². The molecule has 0 unspecified atom stereocenters. The van der Waals surface area contributed by atoms with Crippen molar-refractivity contribution in [1.82, 2.24) is 24.7 Å². The number of para-hydroxylation sites is 1. The average Bonchev–Trinajstić information content (AvgIpc) is 3.21. The van der Waals surface area contributed by atoms with E-state index in [-0.39, 0.29) is 0 Å². The van der Waals surface area contributed by atoms with Crippen molar-refractivity contribution in [3.63, 3.8) is 0 Å². The Kier molecular flexibility index (Phi) is 3.91. The zero-order valence-corrected chi connectivity index (χ0v) is 15.2.